The van der Waals surface area contributed by atoms with Gasteiger partial charge in [-0.25, -0.2) is 10.5 Å². The first-order valence-corrected chi connectivity index (χ1v) is 1.99. The van der Waals surface area contributed by atoms with Crippen LogP contribution in [0.4, 0.5) is 0 Å². The Balaban J connectivity index is 4.84. The first kappa shape index (κ1) is 7.02. The van der Waals surface area contributed by atoms with Crippen molar-refractivity contribution in [3.8, 4) is 11.9 Å². The summed E-state index contributed by atoms with van der Waals surface area (Å²) in [5.74, 6) is 2.72. The fourth-order valence-corrected chi connectivity index (χ4v) is 0.173. The molecule has 0 N–H and O–H groups in total. The summed E-state index contributed by atoms with van der Waals surface area (Å²) in [6.07, 6.45) is -2.75. The molecular formula is C4BN4-. The molecule has 0 aliphatic rings. The second kappa shape index (κ2) is 2.36. The van der Waals surface area contributed by atoms with Crippen LogP contribution in [0.1, 0.15) is 0 Å². The van der Waals surface area contributed by atoms with Gasteiger partial charge in [0.1, 0.15) is 0 Å². The van der Waals surface area contributed by atoms with Crippen molar-refractivity contribution in [2.45, 2.75) is 0 Å². The molecule has 40 valence electrons. The summed E-state index contributed by atoms with van der Waals surface area (Å²) in [7, 11) is 0. The van der Waals surface area contributed by atoms with Crippen LogP contribution in [0.25, 0.3) is 9.51 Å². The third-order valence-electron chi connectivity index (χ3n) is 0.734. The lowest BCUT2D eigenvalue weighted by Crippen LogP contribution is -2.20. The lowest BCUT2D eigenvalue weighted by molar-refractivity contribution is 1.53. The van der Waals surface area contributed by atoms with Crippen molar-refractivity contribution in [3.05, 3.63) is 22.7 Å². The maximum Gasteiger partial charge on any atom is 0.873 e. The average Bonchev–Trinajstić information content (AvgIpc) is 1.95. The summed E-state index contributed by atoms with van der Waals surface area (Å²) in [6, 6.07) is 0. The van der Waals surface area contributed by atoms with Gasteiger partial charge in [-0.3, -0.25) is 0 Å². The van der Waals surface area contributed by atoms with E-state index in [1.807, 2.05) is 0 Å². The number of hydrogen-bond donors (Lipinski definition) is 0. The van der Waals surface area contributed by atoms with Crippen molar-refractivity contribution in [3.63, 3.8) is 0 Å². The van der Waals surface area contributed by atoms with E-state index in [1.165, 1.54) is 11.9 Å². The van der Waals surface area contributed by atoms with Crippen LogP contribution < -0.4 is 0 Å². The van der Waals surface area contributed by atoms with Crippen LogP contribution in [0.3, 0.4) is 0 Å². The van der Waals surface area contributed by atoms with Gasteiger partial charge in [-0.2, -0.15) is 0 Å². The van der Waals surface area contributed by atoms with Crippen LogP contribution in [0.15, 0.2) is 0 Å². The summed E-state index contributed by atoms with van der Waals surface area (Å²) in [6.45, 7) is 12.6. The van der Waals surface area contributed by atoms with Gasteiger partial charge in [-0.05, 0) is 0 Å². The quantitative estimate of drug-likeness (QED) is 0.338. The van der Waals surface area contributed by atoms with E-state index in [1.54, 1.807) is 0 Å². The molecule has 0 aromatic rings. The predicted molar refractivity (Wildman–Crippen MR) is 30.2 cm³/mol. The third kappa shape index (κ3) is 0.971. The molecule has 0 saturated carbocycles. The Morgan fingerprint density at radius 2 is 1.44 bits per heavy atom. The number of rotatable bonds is 0. The summed E-state index contributed by atoms with van der Waals surface area (Å²) >= 11 is 0. The van der Waals surface area contributed by atoms with Crippen LogP contribution in [0, 0.1) is 35.6 Å². The molecule has 9 heavy (non-hydrogen) atoms. The van der Waals surface area contributed by atoms with E-state index in [0.717, 1.165) is 0 Å². The summed E-state index contributed by atoms with van der Waals surface area (Å²) in [5.41, 5.74) is 0. The first-order chi connectivity index (χ1) is 4.24. The molecule has 0 saturated heterocycles. The average molecular weight is 115 g/mol. The normalized spacial score (nSPS) is 7.56. The summed E-state index contributed by atoms with van der Waals surface area (Å²) < 4.78 is 5.22. The maximum absolute atomic E-state index is 8.10. The fraction of sp³-hybridized carbons (Fsp3) is 0. The van der Waals surface area contributed by atoms with Crippen LogP contribution in [-0.4, -0.2) is 6.42 Å². The third-order valence-corrected chi connectivity index (χ3v) is 0.734. The fourth-order valence-electron chi connectivity index (χ4n) is 0.173. The molecule has 5 heteroatoms. The van der Waals surface area contributed by atoms with Gasteiger partial charge >= 0.3 is 6.42 Å². The lowest BCUT2D eigenvalue weighted by atomic mass is 9.52. The van der Waals surface area contributed by atoms with Crippen molar-refractivity contribution >= 4 is 6.42 Å². The molecule has 0 unspecified atom stereocenters. The molecular weight excluding hydrogens is 115 g/mol. The van der Waals surface area contributed by atoms with Gasteiger partial charge in [-0.1, -0.05) is 0 Å². The zero-order valence-corrected chi connectivity index (χ0v) is 4.37. The minimum atomic E-state index is -2.75. The molecule has 0 aliphatic carbocycles. The predicted octanol–water partition coefficient (Wildman–Crippen LogP) is 0.393. The lowest BCUT2D eigenvalue weighted by Gasteiger charge is -1.90. The van der Waals surface area contributed by atoms with Crippen LogP contribution in [-0.2, 0) is 0 Å². The van der Waals surface area contributed by atoms with E-state index in [4.69, 9.17) is 23.7 Å². The van der Waals surface area contributed by atoms with Crippen molar-refractivity contribution in [2.24, 2.45) is 0 Å². The highest BCUT2D eigenvalue weighted by Crippen LogP contribution is 2.01. The Morgan fingerprint density at radius 1 is 1.11 bits per heavy atom. The van der Waals surface area contributed by atoms with E-state index >= 15 is 0 Å². The minimum Gasteiger partial charge on any atom is -0.466 e. The maximum atomic E-state index is 8.10. The SMILES string of the molecule is [C-]#[N+][B-](C#N)(C#N)[N+]#[C-]. The van der Waals surface area contributed by atoms with Crippen molar-refractivity contribution in [2.75, 3.05) is 0 Å². The van der Waals surface area contributed by atoms with Crippen LogP contribution in [0.2, 0.25) is 0 Å². The Hall–Kier alpha value is -1.98. The largest absolute Gasteiger partial charge is 0.873 e. The minimum absolute atomic E-state index is 1.36. The number of hydrogen-bond acceptors (Lipinski definition) is 2. The zero-order valence-electron chi connectivity index (χ0n) is 4.37. The standard InChI is InChI=1S/C4BN4/c1-8-5(3-6,4-7)9-2/q-1. The Labute approximate surface area is 52.5 Å². The molecule has 0 spiro atoms. The van der Waals surface area contributed by atoms with Crippen molar-refractivity contribution in [1.82, 2.24) is 0 Å². The van der Waals surface area contributed by atoms with Gasteiger partial charge in [-0.15, -0.1) is 0 Å². The molecule has 0 fully saturated rings. The zero-order chi connectivity index (χ0) is 7.33. The summed E-state index contributed by atoms with van der Waals surface area (Å²) in [5, 5.41) is 16.2. The molecule has 0 rings (SSSR count). The molecule has 4 nitrogen and oxygen atoms in total. The monoisotopic (exact) mass is 115 g/mol. The second-order valence-electron chi connectivity index (χ2n) is 1.29. The highest BCUT2D eigenvalue weighted by molar-refractivity contribution is 6.98. The highest BCUT2D eigenvalue weighted by Gasteiger charge is 2.47. The van der Waals surface area contributed by atoms with Crippen molar-refractivity contribution < 1.29 is 0 Å². The molecule has 0 heterocycles. The van der Waals surface area contributed by atoms with E-state index in [-0.39, 0.29) is 0 Å². The number of nitriles is 2. The number of nitrogens with zero attached hydrogens (tertiary/aromatic N) is 4. The summed E-state index contributed by atoms with van der Waals surface area (Å²) in [4.78, 5) is 0. The van der Waals surface area contributed by atoms with Crippen LogP contribution in [0.5, 0.6) is 0 Å². The van der Waals surface area contributed by atoms with Gasteiger partial charge in [0.25, 0.3) is 0 Å². The van der Waals surface area contributed by atoms with E-state index in [0.29, 0.717) is 0 Å². The first-order valence-electron chi connectivity index (χ1n) is 1.99. The Kier molecular flexibility index (Phi) is 1.84. The van der Waals surface area contributed by atoms with E-state index in [2.05, 4.69) is 9.51 Å². The topological polar surface area (TPSA) is 56.3 Å². The van der Waals surface area contributed by atoms with Gasteiger partial charge in [0.2, 0.25) is 0 Å². The molecule has 0 aromatic heterocycles. The molecule has 0 amide bonds. The van der Waals surface area contributed by atoms with Gasteiger partial charge in [0.05, 0.1) is 11.9 Å². The Morgan fingerprint density at radius 3 is 1.44 bits per heavy atom. The smallest absolute Gasteiger partial charge is 0.466 e. The van der Waals surface area contributed by atoms with E-state index in [9.17, 15) is 0 Å². The highest BCUT2D eigenvalue weighted by atomic mass is 14.8. The van der Waals surface area contributed by atoms with Crippen molar-refractivity contribution in [1.29, 1.82) is 10.5 Å². The molecule has 0 radical (unpaired) electrons. The molecule has 0 aromatic carbocycles. The van der Waals surface area contributed by atoms with Crippen LogP contribution >= 0.6 is 0 Å². The second-order valence-corrected chi connectivity index (χ2v) is 1.29. The van der Waals surface area contributed by atoms with Gasteiger partial charge in [0.15, 0.2) is 0 Å². The van der Waals surface area contributed by atoms with E-state index < -0.39 is 6.42 Å². The molecule has 0 atom stereocenters. The van der Waals surface area contributed by atoms with Gasteiger partial charge in [0, 0.05) is 0 Å². The Bertz CT molecular complexity index is 205. The molecule has 0 aliphatic heterocycles. The molecule has 0 bridgehead atoms. The van der Waals surface area contributed by atoms with Gasteiger partial charge < -0.3 is 22.7 Å².